The number of hydrogen-bond donors (Lipinski definition) is 1. The SMILES string of the molecule is CCN1CCN(Cc2ccccc2O)CC1. The van der Waals surface area contributed by atoms with Crippen molar-refractivity contribution in [2.75, 3.05) is 32.7 Å². The van der Waals surface area contributed by atoms with Crippen molar-refractivity contribution in [2.45, 2.75) is 13.5 Å². The van der Waals surface area contributed by atoms with Crippen LogP contribution in [0.4, 0.5) is 0 Å². The summed E-state index contributed by atoms with van der Waals surface area (Å²) in [4.78, 5) is 4.86. The molecule has 1 fully saturated rings. The molecule has 1 heterocycles. The van der Waals surface area contributed by atoms with Gasteiger partial charge in [0.2, 0.25) is 0 Å². The molecular formula is C13H20N2O. The van der Waals surface area contributed by atoms with Gasteiger partial charge in [0.25, 0.3) is 0 Å². The molecular weight excluding hydrogens is 200 g/mol. The monoisotopic (exact) mass is 220 g/mol. The molecule has 3 heteroatoms. The summed E-state index contributed by atoms with van der Waals surface area (Å²) in [7, 11) is 0. The molecule has 0 spiro atoms. The first-order chi connectivity index (χ1) is 7.79. The highest BCUT2D eigenvalue weighted by Crippen LogP contribution is 2.18. The number of phenols is 1. The lowest BCUT2D eigenvalue weighted by molar-refractivity contribution is 0.131. The molecule has 16 heavy (non-hydrogen) atoms. The highest BCUT2D eigenvalue weighted by molar-refractivity contribution is 5.31. The lowest BCUT2D eigenvalue weighted by Gasteiger charge is -2.34. The van der Waals surface area contributed by atoms with E-state index in [1.165, 1.54) is 0 Å². The number of nitrogens with zero attached hydrogens (tertiary/aromatic N) is 2. The summed E-state index contributed by atoms with van der Waals surface area (Å²) in [5, 5.41) is 9.70. The minimum Gasteiger partial charge on any atom is -0.508 e. The van der Waals surface area contributed by atoms with Crippen LogP contribution in [0.15, 0.2) is 24.3 Å². The number of likely N-dealkylation sites (N-methyl/N-ethyl adjacent to an activating group) is 1. The fourth-order valence-electron chi connectivity index (χ4n) is 2.15. The predicted octanol–water partition coefficient (Wildman–Crippen LogP) is 1.53. The molecule has 1 saturated heterocycles. The van der Waals surface area contributed by atoms with Gasteiger partial charge in [-0.25, -0.2) is 0 Å². The van der Waals surface area contributed by atoms with Gasteiger partial charge in [-0.2, -0.15) is 0 Å². The van der Waals surface area contributed by atoms with Crippen LogP contribution >= 0.6 is 0 Å². The normalized spacial score (nSPS) is 18.8. The Balaban J connectivity index is 1.89. The summed E-state index contributed by atoms with van der Waals surface area (Å²) >= 11 is 0. The lowest BCUT2D eigenvalue weighted by Crippen LogP contribution is -2.45. The van der Waals surface area contributed by atoms with Crippen LogP contribution in [0.25, 0.3) is 0 Å². The second-order valence-corrected chi connectivity index (χ2v) is 4.34. The molecule has 1 aliphatic rings. The molecule has 0 bridgehead atoms. The molecule has 0 aromatic heterocycles. The van der Waals surface area contributed by atoms with Crippen molar-refractivity contribution in [2.24, 2.45) is 0 Å². The fourth-order valence-corrected chi connectivity index (χ4v) is 2.15. The molecule has 2 rings (SSSR count). The summed E-state index contributed by atoms with van der Waals surface area (Å²) in [5.74, 6) is 0.417. The molecule has 1 N–H and O–H groups in total. The number of hydrogen-bond acceptors (Lipinski definition) is 3. The third kappa shape index (κ3) is 2.74. The average Bonchev–Trinajstić information content (AvgIpc) is 2.33. The Kier molecular flexibility index (Phi) is 3.80. The molecule has 1 aliphatic heterocycles. The van der Waals surface area contributed by atoms with Gasteiger partial charge in [-0.1, -0.05) is 25.1 Å². The number of para-hydroxylation sites is 1. The largest absolute Gasteiger partial charge is 0.508 e. The Hall–Kier alpha value is -1.06. The van der Waals surface area contributed by atoms with Gasteiger partial charge in [0.05, 0.1) is 0 Å². The maximum absolute atomic E-state index is 9.70. The Morgan fingerprint density at radius 1 is 1.06 bits per heavy atom. The van der Waals surface area contributed by atoms with E-state index in [0.717, 1.165) is 44.8 Å². The lowest BCUT2D eigenvalue weighted by atomic mass is 10.1. The minimum atomic E-state index is 0.417. The zero-order valence-electron chi connectivity index (χ0n) is 9.89. The van der Waals surface area contributed by atoms with Crippen LogP contribution in [0, 0.1) is 0 Å². The van der Waals surface area contributed by atoms with Gasteiger partial charge in [0.15, 0.2) is 0 Å². The summed E-state index contributed by atoms with van der Waals surface area (Å²) in [5.41, 5.74) is 1.03. The number of aromatic hydroxyl groups is 1. The molecule has 0 atom stereocenters. The predicted molar refractivity (Wildman–Crippen MR) is 65.5 cm³/mol. The second kappa shape index (κ2) is 5.32. The Bertz CT molecular complexity index is 332. The van der Waals surface area contributed by atoms with Gasteiger partial charge in [-0.05, 0) is 12.6 Å². The number of benzene rings is 1. The molecule has 1 aromatic rings. The van der Waals surface area contributed by atoms with Crippen molar-refractivity contribution < 1.29 is 5.11 Å². The van der Waals surface area contributed by atoms with Crippen molar-refractivity contribution in [3.05, 3.63) is 29.8 Å². The van der Waals surface area contributed by atoms with Gasteiger partial charge < -0.3 is 10.0 Å². The Morgan fingerprint density at radius 3 is 2.31 bits per heavy atom. The van der Waals surface area contributed by atoms with Crippen LogP contribution in [0.1, 0.15) is 12.5 Å². The van der Waals surface area contributed by atoms with Crippen LogP contribution in [0.2, 0.25) is 0 Å². The first-order valence-electron chi connectivity index (χ1n) is 6.01. The summed E-state index contributed by atoms with van der Waals surface area (Å²) in [6.07, 6.45) is 0. The van der Waals surface area contributed by atoms with Crippen LogP contribution in [-0.2, 0) is 6.54 Å². The van der Waals surface area contributed by atoms with Crippen LogP contribution < -0.4 is 0 Å². The zero-order valence-corrected chi connectivity index (χ0v) is 9.89. The number of rotatable bonds is 3. The van der Waals surface area contributed by atoms with E-state index in [0.29, 0.717) is 5.75 Å². The maximum atomic E-state index is 9.70. The fraction of sp³-hybridized carbons (Fsp3) is 0.538. The van der Waals surface area contributed by atoms with E-state index in [1.54, 1.807) is 6.07 Å². The van der Waals surface area contributed by atoms with E-state index < -0.39 is 0 Å². The smallest absolute Gasteiger partial charge is 0.120 e. The molecule has 1 aromatic carbocycles. The molecule has 0 radical (unpaired) electrons. The summed E-state index contributed by atoms with van der Waals surface area (Å²) < 4.78 is 0. The first-order valence-corrected chi connectivity index (χ1v) is 6.01. The van der Waals surface area contributed by atoms with Gasteiger partial charge in [-0.15, -0.1) is 0 Å². The first kappa shape index (κ1) is 11.4. The van der Waals surface area contributed by atoms with Crippen molar-refractivity contribution >= 4 is 0 Å². The van der Waals surface area contributed by atoms with E-state index in [-0.39, 0.29) is 0 Å². The maximum Gasteiger partial charge on any atom is 0.120 e. The topological polar surface area (TPSA) is 26.7 Å². The van der Waals surface area contributed by atoms with Gasteiger partial charge >= 0.3 is 0 Å². The van der Waals surface area contributed by atoms with E-state index in [4.69, 9.17) is 0 Å². The quantitative estimate of drug-likeness (QED) is 0.837. The Labute approximate surface area is 97.3 Å². The van der Waals surface area contributed by atoms with E-state index in [1.807, 2.05) is 18.2 Å². The van der Waals surface area contributed by atoms with Crippen molar-refractivity contribution in [1.82, 2.24) is 9.80 Å². The molecule has 0 aliphatic carbocycles. The van der Waals surface area contributed by atoms with Crippen LogP contribution in [0.3, 0.4) is 0 Å². The average molecular weight is 220 g/mol. The van der Waals surface area contributed by atoms with Crippen LogP contribution in [-0.4, -0.2) is 47.6 Å². The molecule has 88 valence electrons. The second-order valence-electron chi connectivity index (χ2n) is 4.34. The Morgan fingerprint density at radius 2 is 1.69 bits per heavy atom. The van der Waals surface area contributed by atoms with E-state index in [9.17, 15) is 5.11 Å². The van der Waals surface area contributed by atoms with Crippen LogP contribution in [0.5, 0.6) is 5.75 Å². The molecule has 3 nitrogen and oxygen atoms in total. The van der Waals surface area contributed by atoms with E-state index >= 15 is 0 Å². The van der Waals surface area contributed by atoms with Gasteiger partial charge in [0.1, 0.15) is 5.75 Å². The minimum absolute atomic E-state index is 0.417. The van der Waals surface area contributed by atoms with Gasteiger partial charge in [0, 0.05) is 38.3 Å². The third-order valence-corrected chi connectivity index (χ3v) is 3.30. The highest BCUT2D eigenvalue weighted by atomic mass is 16.3. The van der Waals surface area contributed by atoms with Crippen molar-refractivity contribution in [1.29, 1.82) is 0 Å². The van der Waals surface area contributed by atoms with Crippen molar-refractivity contribution in [3.8, 4) is 5.75 Å². The standard InChI is InChI=1S/C13H20N2O/c1-2-14-7-9-15(10-8-14)11-12-5-3-4-6-13(12)16/h3-6,16H,2,7-11H2,1H3. The summed E-state index contributed by atoms with van der Waals surface area (Å²) in [6, 6.07) is 7.62. The number of piperazine rings is 1. The molecule has 0 saturated carbocycles. The third-order valence-electron chi connectivity index (χ3n) is 3.30. The summed E-state index contributed by atoms with van der Waals surface area (Å²) in [6.45, 7) is 8.70. The van der Waals surface area contributed by atoms with Crippen molar-refractivity contribution in [3.63, 3.8) is 0 Å². The highest BCUT2D eigenvalue weighted by Gasteiger charge is 2.16. The molecule has 0 amide bonds. The van der Waals surface area contributed by atoms with E-state index in [2.05, 4.69) is 16.7 Å². The molecule has 0 unspecified atom stereocenters. The number of phenolic OH excluding ortho intramolecular Hbond substituents is 1. The van der Waals surface area contributed by atoms with Gasteiger partial charge in [-0.3, -0.25) is 4.90 Å². The zero-order chi connectivity index (χ0) is 11.4.